The van der Waals surface area contributed by atoms with Crippen LogP contribution in [0.5, 0.6) is 0 Å². The summed E-state index contributed by atoms with van der Waals surface area (Å²) in [7, 11) is 1.94. The van der Waals surface area contributed by atoms with Gasteiger partial charge in [-0.1, -0.05) is 11.6 Å². The molecule has 5 nitrogen and oxygen atoms in total. The van der Waals surface area contributed by atoms with Gasteiger partial charge in [-0.2, -0.15) is 15.1 Å². The van der Waals surface area contributed by atoms with Crippen LogP contribution in [0.1, 0.15) is 4.88 Å². The lowest BCUT2D eigenvalue weighted by molar-refractivity contribution is 0.915. The second-order valence-electron chi connectivity index (χ2n) is 4.01. The van der Waals surface area contributed by atoms with Crippen molar-refractivity contribution < 1.29 is 0 Å². The molecule has 98 valence electrons. The lowest BCUT2D eigenvalue weighted by Crippen LogP contribution is -2.17. The standard InChI is InChI=1S/C11H9Cl2N5S/c1-18(5-6-2-3-8(12)19-6)10-7-4-14-17-9(7)15-11(13)16-10/h2-4H,5H2,1H3,(H,14,15,16,17). The maximum absolute atomic E-state index is 5.93. The van der Waals surface area contributed by atoms with Gasteiger partial charge in [-0.3, -0.25) is 5.10 Å². The molecular weight excluding hydrogens is 305 g/mol. The first kappa shape index (κ1) is 12.7. The van der Waals surface area contributed by atoms with Crippen LogP contribution < -0.4 is 4.90 Å². The molecule has 0 radical (unpaired) electrons. The number of anilines is 1. The van der Waals surface area contributed by atoms with Gasteiger partial charge < -0.3 is 4.90 Å². The molecule has 3 rings (SSSR count). The van der Waals surface area contributed by atoms with E-state index in [-0.39, 0.29) is 5.28 Å². The molecule has 19 heavy (non-hydrogen) atoms. The summed E-state index contributed by atoms with van der Waals surface area (Å²) in [6.07, 6.45) is 1.69. The van der Waals surface area contributed by atoms with Crippen molar-refractivity contribution in [2.24, 2.45) is 0 Å². The van der Waals surface area contributed by atoms with Crippen molar-refractivity contribution >= 4 is 51.4 Å². The van der Waals surface area contributed by atoms with E-state index in [1.54, 1.807) is 17.5 Å². The van der Waals surface area contributed by atoms with Gasteiger partial charge in [0.15, 0.2) is 5.65 Å². The monoisotopic (exact) mass is 313 g/mol. The van der Waals surface area contributed by atoms with E-state index >= 15 is 0 Å². The second-order valence-corrected chi connectivity index (χ2v) is 6.15. The lowest BCUT2D eigenvalue weighted by atomic mass is 10.3. The fourth-order valence-corrected chi connectivity index (χ4v) is 3.14. The second kappa shape index (κ2) is 4.96. The minimum absolute atomic E-state index is 0.197. The molecule has 8 heteroatoms. The van der Waals surface area contributed by atoms with Gasteiger partial charge in [0.25, 0.3) is 0 Å². The normalized spacial score (nSPS) is 11.1. The highest BCUT2D eigenvalue weighted by Crippen LogP contribution is 2.27. The van der Waals surface area contributed by atoms with Gasteiger partial charge in [0.1, 0.15) is 5.82 Å². The van der Waals surface area contributed by atoms with Crippen LogP contribution in [-0.4, -0.2) is 27.2 Å². The number of nitrogens with zero attached hydrogens (tertiary/aromatic N) is 4. The van der Waals surface area contributed by atoms with Crippen LogP contribution in [0.2, 0.25) is 9.62 Å². The quantitative estimate of drug-likeness (QED) is 0.753. The van der Waals surface area contributed by atoms with Crippen molar-refractivity contribution in [3.05, 3.63) is 32.8 Å². The first-order valence-electron chi connectivity index (χ1n) is 5.45. The van der Waals surface area contributed by atoms with E-state index in [0.29, 0.717) is 12.2 Å². The Bertz CT molecular complexity index is 723. The lowest BCUT2D eigenvalue weighted by Gasteiger charge is -2.17. The van der Waals surface area contributed by atoms with Crippen LogP contribution >= 0.6 is 34.5 Å². The Morgan fingerprint density at radius 1 is 1.32 bits per heavy atom. The highest BCUT2D eigenvalue weighted by Gasteiger charge is 2.13. The molecule has 0 saturated carbocycles. The summed E-state index contributed by atoms with van der Waals surface area (Å²) in [6, 6.07) is 3.88. The predicted octanol–water partition coefficient (Wildman–Crippen LogP) is 3.36. The summed E-state index contributed by atoms with van der Waals surface area (Å²) in [4.78, 5) is 11.5. The van der Waals surface area contributed by atoms with E-state index in [2.05, 4.69) is 20.2 Å². The van der Waals surface area contributed by atoms with Gasteiger partial charge in [-0.25, -0.2) is 0 Å². The summed E-state index contributed by atoms with van der Waals surface area (Å²) in [5, 5.41) is 7.80. The number of hydrogen-bond acceptors (Lipinski definition) is 5. The third-order valence-electron chi connectivity index (χ3n) is 2.65. The summed E-state index contributed by atoms with van der Waals surface area (Å²) in [5.74, 6) is 0.744. The molecule has 0 atom stereocenters. The number of nitrogens with one attached hydrogen (secondary N) is 1. The number of hydrogen-bond donors (Lipinski definition) is 1. The minimum Gasteiger partial charge on any atom is -0.354 e. The van der Waals surface area contributed by atoms with Crippen LogP contribution in [0, 0.1) is 0 Å². The van der Waals surface area contributed by atoms with Crippen molar-refractivity contribution in [1.29, 1.82) is 0 Å². The molecule has 0 fully saturated rings. The molecule has 0 aliphatic carbocycles. The maximum Gasteiger partial charge on any atom is 0.226 e. The Balaban J connectivity index is 1.96. The van der Waals surface area contributed by atoms with Gasteiger partial charge >= 0.3 is 0 Å². The van der Waals surface area contributed by atoms with Crippen molar-refractivity contribution in [1.82, 2.24) is 20.2 Å². The predicted molar refractivity (Wildman–Crippen MR) is 78.1 cm³/mol. The van der Waals surface area contributed by atoms with Crippen LogP contribution in [0.3, 0.4) is 0 Å². The molecule has 3 aromatic rings. The Morgan fingerprint density at radius 2 is 2.16 bits per heavy atom. The third-order valence-corrected chi connectivity index (χ3v) is 4.03. The topological polar surface area (TPSA) is 57.7 Å². The Hall–Kier alpha value is -1.37. The van der Waals surface area contributed by atoms with Crippen LogP contribution in [0.15, 0.2) is 18.3 Å². The van der Waals surface area contributed by atoms with Crippen molar-refractivity contribution in [2.75, 3.05) is 11.9 Å². The number of halogens is 2. The summed E-state index contributed by atoms with van der Waals surface area (Å²) >= 11 is 13.4. The largest absolute Gasteiger partial charge is 0.354 e. The number of rotatable bonds is 3. The first-order chi connectivity index (χ1) is 9.13. The smallest absolute Gasteiger partial charge is 0.226 e. The summed E-state index contributed by atoms with van der Waals surface area (Å²) < 4.78 is 0.776. The van der Waals surface area contributed by atoms with E-state index in [4.69, 9.17) is 23.2 Å². The minimum atomic E-state index is 0.197. The van der Waals surface area contributed by atoms with Gasteiger partial charge in [0.2, 0.25) is 5.28 Å². The van der Waals surface area contributed by atoms with Gasteiger partial charge in [-0.05, 0) is 23.7 Å². The zero-order chi connectivity index (χ0) is 13.4. The van der Waals surface area contributed by atoms with Crippen molar-refractivity contribution in [2.45, 2.75) is 6.54 Å². The average molecular weight is 314 g/mol. The molecule has 0 saturated heterocycles. The highest BCUT2D eigenvalue weighted by molar-refractivity contribution is 7.16. The molecule has 0 aromatic carbocycles. The number of thiophene rings is 1. The number of fused-ring (bicyclic) bond motifs is 1. The molecule has 0 bridgehead atoms. The van der Waals surface area contributed by atoms with E-state index < -0.39 is 0 Å². The fourth-order valence-electron chi connectivity index (χ4n) is 1.83. The zero-order valence-corrected chi connectivity index (χ0v) is 12.2. The number of aromatic nitrogens is 4. The van der Waals surface area contributed by atoms with Crippen molar-refractivity contribution in [3.8, 4) is 0 Å². The molecule has 0 spiro atoms. The first-order valence-corrected chi connectivity index (χ1v) is 7.02. The highest BCUT2D eigenvalue weighted by atomic mass is 35.5. The van der Waals surface area contributed by atoms with E-state index in [9.17, 15) is 0 Å². The third kappa shape index (κ3) is 2.51. The molecule has 0 aliphatic rings. The van der Waals surface area contributed by atoms with E-state index in [1.165, 1.54) is 0 Å². The average Bonchev–Trinajstić information content (AvgIpc) is 2.96. The Morgan fingerprint density at radius 3 is 2.89 bits per heavy atom. The van der Waals surface area contributed by atoms with Crippen molar-refractivity contribution in [3.63, 3.8) is 0 Å². The van der Waals surface area contributed by atoms with Crippen LogP contribution in [0.25, 0.3) is 11.0 Å². The molecule has 0 aliphatic heterocycles. The fraction of sp³-hybridized carbons (Fsp3) is 0.182. The zero-order valence-electron chi connectivity index (χ0n) is 9.89. The Kier molecular flexibility index (Phi) is 3.30. The van der Waals surface area contributed by atoms with Crippen LogP contribution in [0.4, 0.5) is 5.82 Å². The molecule has 0 unspecified atom stereocenters. The van der Waals surface area contributed by atoms with E-state index in [0.717, 1.165) is 20.4 Å². The summed E-state index contributed by atoms with van der Waals surface area (Å²) in [6.45, 7) is 0.699. The van der Waals surface area contributed by atoms with Gasteiger partial charge in [-0.15, -0.1) is 11.3 Å². The van der Waals surface area contributed by atoms with Gasteiger partial charge in [0.05, 0.1) is 22.5 Å². The molecular formula is C11H9Cl2N5S. The molecule has 3 heterocycles. The molecule has 0 amide bonds. The maximum atomic E-state index is 5.93. The number of aromatic amines is 1. The summed E-state index contributed by atoms with van der Waals surface area (Å²) in [5.41, 5.74) is 0.631. The molecule has 1 N–H and O–H groups in total. The Labute approximate surface area is 123 Å². The molecule has 3 aromatic heterocycles. The van der Waals surface area contributed by atoms with E-state index in [1.807, 2.05) is 24.1 Å². The number of H-pyrrole nitrogens is 1. The van der Waals surface area contributed by atoms with Gasteiger partial charge in [0, 0.05) is 11.9 Å². The SMILES string of the molecule is CN(Cc1ccc(Cl)s1)c1nc(Cl)nc2[nH]ncc12. The van der Waals surface area contributed by atoms with Crippen LogP contribution in [-0.2, 0) is 6.54 Å².